The van der Waals surface area contributed by atoms with Gasteiger partial charge in [-0.3, -0.25) is 4.79 Å². The van der Waals surface area contributed by atoms with Crippen molar-refractivity contribution in [2.75, 3.05) is 6.54 Å². The second-order valence-electron chi connectivity index (χ2n) is 3.90. The fourth-order valence-electron chi connectivity index (χ4n) is 1.47. The Labute approximate surface area is 100 Å². The molecule has 1 aromatic heterocycles. The Morgan fingerprint density at radius 3 is 2.59 bits per heavy atom. The maximum Gasteiger partial charge on any atom is 0.304 e. The first kappa shape index (κ1) is 13.7. The molecule has 0 bridgehead atoms. The van der Waals surface area contributed by atoms with Gasteiger partial charge in [-0.25, -0.2) is 8.42 Å². The lowest BCUT2D eigenvalue weighted by atomic mass is 10.3. The summed E-state index contributed by atoms with van der Waals surface area (Å²) in [6, 6.07) is 1.17. The van der Waals surface area contributed by atoms with Gasteiger partial charge in [-0.2, -0.15) is 4.31 Å². The van der Waals surface area contributed by atoms with Gasteiger partial charge in [-0.1, -0.05) is 0 Å². The lowest BCUT2D eigenvalue weighted by molar-refractivity contribution is -0.137. The molecule has 2 N–H and O–H groups in total. The van der Waals surface area contributed by atoms with Crippen LogP contribution in [0.3, 0.4) is 0 Å². The molecule has 0 aliphatic rings. The van der Waals surface area contributed by atoms with Gasteiger partial charge in [0.15, 0.2) is 0 Å². The number of hydrogen-bond acceptors (Lipinski definition) is 3. The first-order chi connectivity index (χ1) is 7.85. The number of carbonyl (C=O) groups is 1. The number of hydrogen-bond donors (Lipinski definition) is 2. The van der Waals surface area contributed by atoms with Gasteiger partial charge in [-0.05, 0) is 19.9 Å². The molecule has 6 nitrogen and oxygen atoms in total. The highest BCUT2D eigenvalue weighted by atomic mass is 32.2. The van der Waals surface area contributed by atoms with Crippen molar-refractivity contribution in [1.82, 2.24) is 9.29 Å². The third-order valence-corrected chi connectivity index (χ3v) is 4.37. The normalized spacial score (nSPS) is 12.2. The van der Waals surface area contributed by atoms with Crippen molar-refractivity contribution in [2.45, 2.75) is 31.2 Å². The fourth-order valence-corrected chi connectivity index (χ4v) is 3.08. The van der Waals surface area contributed by atoms with Crippen LogP contribution in [0.25, 0.3) is 0 Å². The molecule has 1 rings (SSSR count). The molecule has 0 aliphatic carbocycles. The first-order valence-electron chi connectivity index (χ1n) is 5.22. The van der Waals surface area contributed by atoms with Crippen molar-refractivity contribution in [2.24, 2.45) is 0 Å². The van der Waals surface area contributed by atoms with Gasteiger partial charge in [0.05, 0.1) is 11.3 Å². The van der Waals surface area contributed by atoms with Crippen LogP contribution in [0.2, 0.25) is 0 Å². The van der Waals surface area contributed by atoms with Gasteiger partial charge in [-0.15, -0.1) is 0 Å². The third kappa shape index (κ3) is 3.31. The summed E-state index contributed by atoms with van der Waals surface area (Å²) in [5.74, 6) is -1.01. The Bertz CT molecular complexity index is 465. The van der Waals surface area contributed by atoms with Gasteiger partial charge in [0.2, 0.25) is 10.0 Å². The molecule has 0 unspecified atom stereocenters. The highest BCUT2D eigenvalue weighted by Crippen LogP contribution is 2.17. The van der Waals surface area contributed by atoms with Crippen LogP contribution >= 0.6 is 0 Å². The van der Waals surface area contributed by atoms with E-state index in [2.05, 4.69) is 4.98 Å². The molecule has 17 heavy (non-hydrogen) atoms. The van der Waals surface area contributed by atoms with E-state index in [4.69, 9.17) is 5.11 Å². The van der Waals surface area contributed by atoms with E-state index in [1.54, 1.807) is 13.8 Å². The molecular weight excluding hydrogens is 244 g/mol. The van der Waals surface area contributed by atoms with Crippen molar-refractivity contribution in [1.29, 1.82) is 0 Å². The molecule has 0 atom stereocenters. The highest BCUT2D eigenvalue weighted by molar-refractivity contribution is 7.89. The van der Waals surface area contributed by atoms with Crippen molar-refractivity contribution < 1.29 is 18.3 Å². The Morgan fingerprint density at radius 2 is 2.18 bits per heavy atom. The average Bonchev–Trinajstić information content (AvgIpc) is 2.69. The summed E-state index contributed by atoms with van der Waals surface area (Å²) in [4.78, 5) is 13.3. The highest BCUT2D eigenvalue weighted by Gasteiger charge is 2.27. The maximum atomic E-state index is 12.2. The van der Waals surface area contributed by atoms with Crippen molar-refractivity contribution in [3.05, 3.63) is 18.5 Å². The lowest BCUT2D eigenvalue weighted by Gasteiger charge is -2.24. The number of carboxylic acids is 1. The monoisotopic (exact) mass is 260 g/mol. The molecule has 1 aromatic rings. The largest absolute Gasteiger partial charge is 0.481 e. The van der Waals surface area contributed by atoms with Crippen molar-refractivity contribution in [3.8, 4) is 0 Å². The van der Waals surface area contributed by atoms with Crippen molar-refractivity contribution in [3.63, 3.8) is 0 Å². The number of nitrogens with zero attached hydrogens (tertiary/aromatic N) is 1. The van der Waals surface area contributed by atoms with Crippen LogP contribution in [0.15, 0.2) is 23.4 Å². The molecule has 96 valence electrons. The van der Waals surface area contributed by atoms with E-state index in [-0.39, 0.29) is 23.9 Å². The smallest absolute Gasteiger partial charge is 0.304 e. The zero-order chi connectivity index (χ0) is 13.1. The van der Waals surface area contributed by atoms with E-state index in [1.165, 1.54) is 22.8 Å². The summed E-state index contributed by atoms with van der Waals surface area (Å²) in [6.45, 7) is 3.40. The van der Waals surface area contributed by atoms with E-state index in [1.807, 2.05) is 0 Å². The molecule has 0 aromatic carbocycles. The summed E-state index contributed by atoms with van der Waals surface area (Å²) in [6.07, 6.45) is 2.69. The SMILES string of the molecule is CC(C)N(CCC(=O)O)S(=O)(=O)c1cc[nH]c1. The zero-order valence-electron chi connectivity index (χ0n) is 9.75. The van der Waals surface area contributed by atoms with E-state index in [0.717, 1.165) is 0 Å². The van der Waals surface area contributed by atoms with Gasteiger partial charge in [0, 0.05) is 25.0 Å². The number of nitrogens with one attached hydrogen (secondary N) is 1. The topological polar surface area (TPSA) is 90.5 Å². The summed E-state index contributed by atoms with van der Waals surface area (Å²) in [5.41, 5.74) is 0. The predicted molar refractivity (Wildman–Crippen MR) is 62.1 cm³/mol. The van der Waals surface area contributed by atoms with Crippen LogP contribution in [0.5, 0.6) is 0 Å². The van der Waals surface area contributed by atoms with Gasteiger partial charge >= 0.3 is 5.97 Å². The molecule has 7 heteroatoms. The number of carboxylic acid groups (broad SMARTS) is 1. The van der Waals surface area contributed by atoms with Crippen LogP contribution in [0.1, 0.15) is 20.3 Å². The average molecular weight is 260 g/mol. The molecule has 0 fully saturated rings. The van der Waals surface area contributed by atoms with E-state index in [0.29, 0.717) is 0 Å². The number of rotatable bonds is 6. The Balaban J connectivity index is 2.95. The predicted octanol–water partition coefficient (Wildman–Crippen LogP) is 0.888. The summed E-state index contributed by atoms with van der Waals surface area (Å²) >= 11 is 0. The zero-order valence-corrected chi connectivity index (χ0v) is 10.6. The molecule has 0 amide bonds. The standard InChI is InChI=1S/C10H16N2O4S/c1-8(2)12(6-4-10(13)14)17(15,16)9-3-5-11-7-9/h3,5,7-8,11H,4,6H2,1-2H3,(H,13,14). The minimum absolute atomic E-state index is 0.0273. The van der Waals surface area contributed by atoms with Gasteiger partial charge in [0.25, 0.3) is 0 Å². The first-order valence-corrected chi connectivity index (χ1v) is 6.66. The van der Waals surface area contributed by atoms with E-state index >= 15 is 0 Å². The Morgan fingerprint density at radius 1 is 1.53 bits per heavy atom. The molecule has 0 spiro atoms. The Hall–Kier alpha value is -1.34. The lowest BCUT2D eigenvalue weighted by Crippen LogP contribution is -2.38. The molecule has 0 radical (unpaired) electrons. The number of sulfonamides is 1. The van der Waals surface area contributed by atoms with Crippen molar-refractivity contribution >= 4 is 16.0 Å². The van der Waals surface area contributed by atoms with Crippen LogP contribution < -0.4 is 0 Å². The second kappa shape index (κ2) is 5.33. The van der Waals surface area contributed by atoms with Crippen LogP contribution in [-0.2, 0) is 14.8 Å². The summed E-state index contributed by atoms with van der Waals surface area (Å²) in [5, 5.41) is 8.61. The molecule has 1 heterocycles. The summed E-state index contributed by atoms with van der Waals surface area (Å²) in [7, 11) is -3.61. The fraction of sp³-hybridized carbons (Fsp3) is 0.500. The number of aromatic amines is 1. The quantitative estimate of drug-likeness (QED) is 0.794. The second-order valence-corrected chi connectivity index (χ2v) is 5.79. The Kier molecular flexibility index (Phi) is 4.30. The van der Waals surface area contributed by atoms with Gasteiger partial charge in [0.1, 0.15) is 0 Å². The molecule has 0 aliphatic heterocycles. The molecular formula is C10H16N2O4S. The third-order valence-electron chi connectivity index (χ3n) is 2.30. The number of aliphatic carboxylic acids is 1. The number of H-pyrrole nitrogens is 1. The van der Waals surface area contributed by atoms with E-state index in [9.17, 15) is 13.2 Å². The van der Waals surface area contributed by atoms with Crippen LogP contribution in [0.4, 0.5) is 0 Å². The molecule has 0 saturated carbocycles. The number of aromatic nitrogens is 1. The van der Waals surface area contributed by atoms with E-state index < -0.39 is 16.0 Å². The van der Waals surface area contributed by atoms with Gasteiger partial charge < -0.3 is 10.1 Å². The minimum Gasteiger partial charge on any atom is -0.481 e. The van der Waals surface area contributed by atoms with Crippen LogP contribution in [-0.4, -0.2) is 41.4 Å². The molecule has 0 saturated heterocycles. The maximum absolute atomic E-state index is 12.2. The summed E-state index contributed by atoms with van der Waals surface area (Å²) < 4.78 is 25.5. The minimum atomic E-state index is -3.61. The van der Waals surface area contributed by atoms with Crippen LogP contribution in [0, 0.1) is 0 Å².